The van der Waals surface area contributed by atoms with Crippen molar-refractivity contribution in [3.8, 4) is 5.75 Å². The van der Waals surface area contributed by atoms with Gasteiger partial charge < -0.3 is 5.11 Å². The Morgan fingerprint density at radius 3 is 2.17 bits per heavy atom. The number of benzene rings is 1. The molecule has 0 fully saturated rings. The Balaban J connectivity index is 2.25. The highest BCUT2D eigenvalue weighted by Crippen LogP contribution is 2.35. The van der Waals surface area contributed by atoms with Crippen molar-refractivity contribution in [2.75, 3.05) is 0 Å². The second-order valence-electron chi connectivity index (χ2n) is 4.74. The zero-order chi connectivity index (χ0) is 13.4. The average molecular weight is 378 g/mol. The van der Waals surface area contributed by atoms with Crippen LogP contribution in [0.4, 0.5) is 0 Å². The predicted octanol–water partition coefficient (Wildman–Crippen LogP) is 6.21. The molecule has 3 heteroatoms. The van der Waals surface area contributed by atoms with E-state index in [0.29, 0.717) is 5.75 Å². The molecule has 1 nitrogen and oxygen atoms in total. The first-order valence-corrected chi connectivity index (χ1v) is 8.41. The van der Waals surface area contributed by atoms with E-state index in [1.807, 2.05) is 6.07 Å². The van der Waals surface area contributed by atoms with E-state index >= 15 is 0 Å². The highest BCUT2D eigenvalue weighted by Gasteiger charge is 2.07. The smallest absolute Gasteiger partial charge is 0.130 e. The van der Waals surface area contributed by atoms with E-state index < -0.39 is 0 Å². The molecule has 0 radical (unpaired) electrons. The van der Waals surface area contributed by atoms with Crippen LogP contribution in [0, 0.1) is 0 Å². The van der Waals surface area contributed by atoms with Crippen LogP contribution in [0.5, 0.6) is 5.75 Å². The Labute approximate surface area is 127 Å². The Hall–Kier alpha value is -0.0200. The number of hydrogen-bond donors (Lipinski definition) is 1. The van der Waals surface area contributed by atoms with Crippen LogP contribution in [0.3, 0.4) is 0 Å². The maximum Gasteiger partial charge on any atom is 0.130 e. The molecule has 0 unspecified atom stereocenters. The van der Waals surface area contributed by atoms with Crippen LogP contribution in [0.1, 0.15) is 57.4 Å². The van der Waals surface area contributed by atoms with Crippen LogP contribution >= 0.6 is 31.9 Å². The second kappa shape index (κ2) is 8.98. The van der Waals surface area contributed by atoms with Crippen LogP contribution in [0.25, 0.3) is 0 Å². The molecule has 0 amide bonds. The van der Waals surface area contributed by atoms with Crippen LogP contribution in [0.15, 0.2) is 21.1 Å². The lowest BCUT2D eigenvalue weighted by Gasteiger charge is -2.07. The summed E-state index contributed by atoms with van der Waals surface area (Å²) < 4.78 is 1.76. The molecule has 0 aliphatic heterocycles. The molecule has 0 aromatic heterocycles. The van der Waals surface area contributed by atoms with Crippen LogP contribution in [-0.2, 0) is 6.42 Å². The number of halogens is 2. The zero-order valence-corrected chi connectivity index (χ0v) is 14.2. The lowest BCUT2D eigenvalue weighted by Crippen LogP contribution is -1.89. The van der Waals surface area contributed by atoms with Crippen LogP contribution in [0.2, 0.25) is 0 Å². The van der Waals surface area contributed by atoms with Gasteiger partial charge >= 0.3 is 0 Å². The monoisotopic (exact) mass is 376 g/mol. The maximum absolute atomic E-state index is 9.54. The third kappa shape index (κ3) is 5.31. The van der Waals surface area contributed by atoms with Crippen molar-refractivity contribution in [2.24, 2.45) is 0 Å². The Morgan fingerprint density at radius 1 is 0.889 bits per heavy atom. The molecule has 0 aliphatic carbocycles. The summed E-state index contributed by atoms with van der Waals surface area (Å²) in [4.78, 5) is 0. The lowest BCUT2D eigenvalue weighted by molar-refractivity contribution is 0.471. The fourth-order valence-electron chi connectivity index (χ4n) is 2.04. The van der Waals surface area contributed by atoms with E-state index in [-0.39, 0.29) is 0 Å². The normalized spacial score (nSPS) is 10.8. The molecule has 18 heavy (non-hydrogen) atoms. The molecular weight excluding hydrogens is 356 g/mol. The number of phenols is 1. The fraction of sp³-hybridized carbons (Fsp3) is 0.600. The van der Waals surface area contributed by atoms with E-state index in [1.54, 1.807) is 6.07 Å². The van der Waals surface area contributed by atoms with Gasteiger partial charge in [-0.05, 0) is 56.3 Å². The standard InChI is InChI=1S/C15H22Br2O/c1-2-3-4-5-6-7-8-9-12-10-11-13(18)15(17)14(12)16/h10-11,18H,2-9H2,1H3. The van der Waals surface area contributed by atoms with Crippen molar-refractivity contribution in [3.63, 3.8) is 0 Å². The quantitative estimate of drug-likeness (QED) is 0.534. The first-order valence-electron chi connectivity index (χ1n) is 6.82. The maximum atomic E-state index is 9.54. The molecule has 0 aliphatic rings. The van der Waals surface area contributed by atoms with E-state index in [9.17, 15) is 5.11 Å². The van der Waals surface area contributed by atoms with Gasteiger partial charge in [0.05, 0.1) is 4.47 Å². The van der Waals surface area contributed by atoms with Gasteiger partial charge in [-0.15, -0.1) is 0 Å². The zero-order valence-electron chi connectivity index (χ0n) is 11.0. The predicted molar refractivity (Wildman–Crippen MR) is 85.2 cm³/mol. The van der Waals surface area contributed by atoms with Gasteiger partial charge in [0.15, 0.2) is 0 Å². The molecule has 0 spiro atoms. The van der Waals surface area contributed by atoms with Gasteiger partial charge in [0.1, 0.15) is 5.75 Å². The minimum atomic E-state index is 0.296. The van der Waals surface area contributed by atoms with E-state index in [4.69, 9.17) is 0 Å². The van der Waals surface area contributed by atoms with Crippen LogP contribution < -0.4 is 0 Å². The van der Waals surface area contributed by atoms with E-state index in [0.717, 1.165) is 15.4 Å². The van der Waals surface area contributed by atoms with E-state index in [2.05, 4.69) is 38.8 Å². The Kier molecular flexibility index (Phi) is 8.00. The number of hydrogen-bond acceptors (Lipinski definition) is 1. The minimum Gasteiger partial charge on any atom is -0.507 e. The molecule has 0 saturated heterocycles. The summed E-state index contributed by atoms with van der Waals surface area (Å²) in [5.74, 6) is 0.296. The van der Waals surface area contributed by atoms with Crippen molar-refractivity contribution in [1.82, 2.24) is 0 Å². The number of phenolic OH excluding ortho intramolecular Hbond substituents is 1. The number of aryl methyl sites for hydroxylation is 1. The highest BCUT2D eigenvalue weighted by atomic mass is 79.9. The molecule has 0 heterocycles. The number of unbranched alkanes of at least 4 members (excludes halogenated alkanes) is 6. The first-order chi connectivity index (χ1) is 8.66. The molecule has 1 N–H and O–H groups in total. The molecule has 0 saturated carbocycles. The number of rotatable bonds is 8. The van der Waals surface area contributed by atoms with Gasteiger partial charge in [0.2, 0.25) is 0 Å². The van der Waals surface area contributed by atoms with E-state index in [1.165, 1.54) is 50.5 Å². The van der Waals surface area contributed by atoms with Crippen molar-refractivity contribution in [3.05, 3.63) is 26.6 Å². The van der Waals surface area contributed by atoms with Crippen molar-refractivity contribution >= 4 is 31.9 Å². The third-order valence-corrected chi connectivity index (χ3v) is 5.43. The average Bonchev–Trinajstić information content (AvgIpc) is 2.37. The molecule has 0 atom stereocenters. The van der Waals surface area contributed by atoms with Gasteiger partial charge in [-0.3, -0.25) is 0 Å². The van der Waals surface area contributed by atoms with Gasteiger partial charge in [0, 0.05) is 4.47 Å². The summed E-state index contributed by atoms with van der Waals surface area (Å²) in [6, 6.07) is 3.76. The summed E-state index contributed by atoms with van der Waals surface area (Å²) in [5.41, 5.74) is 1.27. The van der Waals surface area contributed by atoms with Gasteiger partial charge in [0.25, 0.3) is 0 Å². The largest absolute Gasteiger partial charge is 0.507 e. The summed E-state index contributed by atoms with van der Waals surface area (Å²) in [5, 5.41) is 9.54. The Bertz CT molecular complexity index is 364. The molecule has 1 aromatic rings. The van der Waals surface area contributed by atoms with Gasteiger partial charge in [-0.1, -0.05) is 51.5 Å². The molecule has 1 aromatic carbocycles. The minimum absolute atomic E-state index is 0.296. The SMILES string of the molecule is CCCCCCCCCc1ccc(O)c(Br)c1Br. The summed E-state index contributed by atoms with van der Waals surface area (Å²) >= 11 is 6.91. The van der Waals surface area contributed by atoms with Gasteiger partial charge in [-0.25, -0.2) is 0 Å². The Morgan fingerprint density at radius 2 is 1.50 bits per heavy atom. The summed E-state index contributed by atoms with van der Waals surface area (Å²) in [6.07, 6.45) is 10.4. The fourth-order valence-corrected chi connectivity index (χ4v) is 2.97. The molecule has 102 valence electrons. The van der Waals surface area contributed by atoms with Crippen molar-refractivity contribution in [1.29, 1.82) is 0 Å². The highest BCUT2D eigenvalue weighted by molar-refractivity contribution is 9.13. The van der Waals surface area contributed by atoms with Crippen molar-refractivity contribution in [2.45, 2.75) is 58.3 Å². The van der Waals surface area contributed by atoms with Crippen LogP contribution in [-0.4, -0.2) is 5.11 Å². The lowest BCUT2D eigenvalue weighted by atomic mass is 10.0. The molecule has 1 rings (SSSR count). The third-order valence-electron chi connectivity index (χ3n) is 3.19. The second-order valence-corrected chi connectivity index (χ2v) is 6.33. The molecule has 0 bridgehead atoms. The topological polar surface area (TPSA) is 20.2 Å². The number of aromatic hydroxyl groups is 1. The van der Waals surface area contributed by atoms with Gasteiger partial charge in [-0.2, -0.15) is 0 Å². The summed E-state index contributed by atoms with van der Waals surface area (Å²) in [7, 11) is 0. The van der Waals surface area contributed by atoms with Crippen molar-refractivity contribution < 1.29 is 5.11 Å². The molecular formula is C15H22Br2O. The summed E-state index contributed by atoms with van der Waals surface area (Å²) in [6.45, 7) is 2.25. The first kappa shape index (κ1) is 16.0.